The number of nitrogens with two attached hydrogens (primary N) is 2. The van der Waals surface area contributed by atoms with Gasteiger partial charge in [-0.05, 0) is 73.9 Å². The molecular weight excluding hydrogens is 599 g/mol. The van der Waals surface area contributed by atoms with Crippen LogP contribution in [0.25, 0.3) is 0 Å². The number of nitrogens with zero attached hydrogens (tertiary/aromatic N) is 1. The van der Waals surface area contributed by atoms with E-state index in [2.05, 4.69) is 19.2 Å². The summed E-state index contributed by atoms with van der Waals surface area (Å²) in [5, 5.41) is 15.0. The van der Waals surface area contributed by atoms with Crippen LogP contribution in [0.5, 0.6) is 5.75 Å². The number of aliphatic hydroxyl groups is 1. The molecule has 0 fully saturated rings. The molecule has 0 saturated heterocycles. The van der Waals surface area contributed by atoms with Gasteiger partial charge in [0.25, 0.3) is 0 Å². The minimum absolute atomic E-state index is 0.00687. The monoisotopic (exact) mass is 650 g/mol. The summed E-state index contributed by atoms with van der Waals surface area (Å²) in [6.07, 6.45) is 3.79. The fourth-order valence-electron chi connectivity index (χ4n) is 6.10. The van der Waals surface area contributed by atoms with Crippen molar-refractivity contribution in [1.82, 2.24) is 10.2 Å². The Morgan fingerprint density at radius 1 is 1.04 bits per heavy atom. The van der Waals surface area contributed by atoms with Gasteiger partial charge in [-0.2, -0.15) is 0 Å². The summed E-state index contributed by atoms with van der Waals surface area (Å²) in [5.41, 5.74) is 11.7. The highest BCUT2D eigenvalue weighted by Gasteiger charge is 2.49. The van der Waals surface area contributed by atoms with Crippen LogP contribution in [0, 0.1) is 23.1 Å². The Morgan fingerprint density at radius 3 is 2.32 bits per heavy atom. The second kappa shape index (κ2) is 17.8. The van der Waals surface area contributed by atoms with Crippen LogP contribution in [0.3, 0.4) is 0 Å². The lowest BCUT2D eigenvalue weighted by Crippen LogP contribution is -2.52. The number of carbonyl (C=O) groups excluding carboxylic acids is 3. The molecule has 0 aliphatic heterocycles. The fraction of sp³-hybridized carbons (Fsp3) is 0.486. The number of nitrogens with one attached hydrogen (secondary N) is 1. The van der Waals surface area contributed by atoms with E-state index < -0.39 is 35.1 Å². The standard InChI is InChI=1S/C37H51FN4O5/c1-5-14-42(15-6-2)35(45)29-19-28(34(39)44)21-37(22-29,36(40)46)32(33(43)23-41-13-12-25(3)4)18-27-16-30(38)20-31(17-27)47-24-26-10-8-7-9-11-26/h7-11,16-17,19-21,25,32-33,41,43H,5-6,12-15,18,22-24H2,1-4H3,(H2,39,44)(H2,40,46)/t32-,33+,37?/m1/s1. The van der Waals surface area contributed by atoms with E-state index in [0.717, 1.165) is 24.8 Å². The van der Waals surface area contributed by atoms with Crippen LogP contribution in [0.4, 0.5) is 4.39 Å². The molecular formula is C37H51FN4O5. The van der Waals surface area contributed by atoms with Gasteiger partial charge in [0.15, 0.2) is 0 Å². The predicted octanol–water partition coefficient (Wildman–Crippen LogP) is 4.42. The first-order chi connectivity index (χ1) is 22.4. The molecule has 1 aliphatic carbocycles. The Balaban J connectivity index is 2.07. The van der Waals surface area contributed by atoms with Gasteiger partial charge in [-0.25, -0.2) is 4.39 Å². The molecule has 2 aromatic rings. The molecule has 3 amide bonds. The van der Waals surface area contributed by atoms with E-state index >= 15 is 4.39 Å². The van der Waals surface area contributed by atoms with E-state index in [1.54, 1.807) is 11.0 Å². The molecule has 0 bridgehead atoms. The van der Waals surface area contributed by atoms with E-state index in [1.807, 2.05) is 44.2 Å². The maximum atomic E-state index is 15.0. The summed E-state index contributed by atoms with van der Waals surface area (Å²) < 4.78 is 20.9. The summed E-state index contributed by atoms with van der Waals surface area (Å²) >= 11 is 0. The number of rotatable bonds is 19. The lowest BCUT2D eigenvalue weighted by atomic mass is 9.63. The topological polar surface area (TPSA) is 148 Å². The van der Waals surface area contributed by atoms with Crippen molar-refractivity contribution in [2.24, 2.45) is 28.7 Å². The highest BCUT2D eigenvalue weighted by molar-refractivity contribution is 6.03. The number of amides is 3. The quantitative estimate of drug-likeness (QED) is 0.166. The third-order valence-corrected chi connectivity index (χ3v) is 8.53. The van der Waals surface area contributed by atoms with Crippen LogP contribution >= 0.6 is 0 Å². The van der Waals surface area contributed by atoms with E-state index in [4.69, 9.17) is 16.2 Å². The van der Waals surface area contributed by atoms with E-state index in [1.165, 1.54) is 24.3 Å². The minimum atomic E-state index is -1.69. The Kier molecular flexibility index (Phi) is 14.2. The number of hydrogen-bond donors (Lipinski definition) is 4. The van der Waals surface area contributed by atoms with Crippen molar-refractivity contribution in [2.45, 2.75) is 72.5 Å². The molecule has 1 unspecified atom stereocenters. The first kappa shape index (κ1) is 37.4. The van der Waals surface area contributed by atoms with Gasteiger partial charge in [0.05, 0.1) is 11.5 Å². The molecule has 10 heteroatoms. The number of hydrogen-bond acceptors (Lipinski definition) is 6. The van der Waals surface area contributed by atoms with Gasteiger partial charge in [-0.3, -0.25) is 14.4 Å². The maximum Gasteiger partial charge on any atom is 0.249 e. The van der Waals surface area contributed by atoms with Crippen molar-refractivity contribution in [3.8, 4) is 5.75 Å². The van der Waals surface area contributed by atoms with Crippen LogP contribution in [0.2, 0.25) is 0 Å². The lowest BCUT2D eigenvalue weighted by Gasteiger charge is -2.42. The van der Waals surface area contributed by atoms with Crippen LogP contribution < -0.4 is 21.5 Å². The van der Waals surface area contributed by atoms with Gasteiger partial charge in [-0.1, -0.05) is 64.1 Å². The second-order valence-electron chi connectivity index (χ2n) is 12.8. The normalized spacial score (nSPS) is 17.4. The fourth-order valence-corrected chi connectivity index (χ4v) is 6.10. The third-order valence-electron chi connectivity index (χ3n) is 8.53. The summed E-state index contributed by atoms with van der Waals surface area (Å²) in [4.78, 5) is 41.8. The molecule has 0 aromatic heterocycles. The molecule has 6 N–H and O–H groups in total. The largest absolute Gasteiger partial charge is 0.489 e. The molecule has 0 radical (unpaired) electrons. The Bertz CT molecular complexity index is 1420. The summed E-state index contributed by atoms with van der Waals surface area (Å²) in [6, 6.07) is 13.7. The van der Waals surface area contributed by atoms with Crippen molar-refractivity contribution in [3.05, 3.63) is 88.8 Å². The number of benzene rings is 2. The van der Waals surface area contributed by atoms with Gasteiger partial charge >= 0.3 is 0 Å². The number of halogens is 1. The SMILES string of the molecule is CCCN(CCC)C(=O)C1=CC(C(N)=O)=CC(C(N)=O)([C@H](Cc2cc(F)cc(OCc3ccccc3)c2)[C@@H](O)CNCCC(C)C)C1. The maximum absolute atomic E-state index is 15.0. The van der Waals surface area contributed by atoms with Crippen molar-refractivity contribution in [3.63, 3.8) is 0 Å². The second-order valence-corrected chi connectivity index (χ2v) is 12.8. The van der Waals surface area contributed by atoms with Gasteiger partial charge in [0, 0.05) is 42.8 Å². The number of primary amides is 2. The smallest absolute Gasteiger partial charge is 0.249 e. The Hall–Kier alpha value is -4.02. The average Bonchev–Trinajstić information content (AvgIpc) is 3.04. The molecule has 3 atom stereocenters. The van der Waals surface area contributed by atoms with E-state index in [-0.39, 0.29) is 48.8 Å². The van der Waals surface area contributed by atoms with Crippen molar-refractivity contribution in [2.75, 3.05) is 26.2 Å². The summed E-state index contributed by atoms with van der Waals surface area (Å²) in [7, 11) is 0. The van der Waals surface area contributed by atoms with Crippen molar-refractivity contribution < 1.29 is 28.6 Å². The zero-order valence-corrected chi connectivity index (χ0v) is 28.1. The molecule has 9 nitrogen and oxygen atoms in total. The van der Waals surface area contributed by atoms with E-state index in [0.29, 0.717) is 31.1 Å². The molecule has 0 spiro atoms. The minimum Gasteiger partial charge on any atom is -0.489 e. The molecule has 0 saturated carbocycles. The molecule has 3 rings (SSSR count). The lowest BCUT2D eigenvalue weighted by molar-refractivity contribution is -0.132. The van der Waals surface area contributed by atoms with Crippen LogP contribution in [0.1, 0.15) is 64.5 Å². The van der Waals surface area contributed by atoms with Gasteiger partial charge in [0.1, 0.15) is 18.2 Å². The van der Waals surface area contributed by atoms with Gasteiger partial charge in [0.2, 0.25) is 17.7 Å². The number of ether oxygens (including phenoxy) is 1. The molecule has 0 heterocycles. The summed E-state index contributed by atoms with van der Waals surface area (Å²) in [6.45, 7) is 10.0. The molecule has 2 aromatic carbocycles. The van der Waals surface area contributed by atoms with Crippen LogP contribution in [-0.2, 0) is 27.4 Å². The number of carbonyl (C=O) groups is 3. The molecule has 1 aliphatic rings. The molecule has 47 heavy (non-hydrogen) atoms. The summed E-state index contributed by atoms with van der Waals surface area (Å²) in [5.74, 6) is -2.78. The van der Waals surface area contributed by atoms with Crippen molar-refractivity contribution in [1.29, 1.82) is 0 Å². The van der Waals surface area contributed by atoms with Crippen LogP contribution in [-0.4, -0.2) is 60.0 Å². The van der Waals surface area contributed by atoms with Crippen LogP contribution in [0.15, 0.2) is 71.8 Å². The first-order valence-electron chi connectivity index (χ1n) is 16.6. The Morgan fingerprint density at radius 2 is 1.72 bits per heavy atom. The zero-order chi connectivity index (χ0) is 34.6. The van der Waals surface area contributed by atoms with E-state index in [9.17, 15) is 19.5 Å². The molecule has 256 valence electrons. The highest BCUT2D eigenvalue weighted by atomic mass is 19.1. The highest BCUT2D eigenvalue weighted by Crippen LogP contribution is 2.44. The predicted molar refractivity (Wildman–Crippen MR) is 181 cm³/mol. The Labute approximate surface area is 278 Å². The average molecular weight is 651 g/mol. The van der Waals surface area contributed by atoms with Crippen molar-refractivity contribution >= 4 is 17.7 Å². The van der Waals surface area contributed by atoms with Gasteiger partial charge in [-0.15, -0.1) is 0 Å². The third kappa shape index (κ3) is 10.5. The first-order valence-corrected chi connectivity index (χ1v) is 16.6. The van der Waals surface area contributed by atoms with Gasteiger partial charge < -0.3 is 31.5 Å². The number of aliphatic hydroxyl groups excluding tert-OH is 1. The zero-order valence-electron chi connectivity index (χ0n) is 28.1.